The molecule has 1 aromatic rings. The van der Waals surface area contributed by atoms with Crippen LogP contribution in [0, 0.1) is 6.92 Å². The largest absolute Gasteiger partial charge is 0.486 e. The molecule has 1 aromatic carbocycles. The third-order valence-electron chi connectivity index (χ3n) is 3.50. The van der Waals surface area contributed by atoms with E-state index in [1.165, 1.54) is 7.11 Å². The monoisotopic (exact) mass is 307 g/mol. The Morgan fingerprint density at radius 1 is 1.18 bits per heavy atom. The Morgan fingerprint density at radius 2 is 1.86 bits per heavy atom. The van der Waals surface area contributed by atoms with Crippen molar-refractivity contribution in [2.45, 2.75) is 26.2 Å². The minimum atomic E-state index is -0.377. The highest BCUT2D eigenvalue weighted by atomic mass is 16.6. The molecule has 120 valence electrons. The van der Waals surface area contributed by atoms with Gasteiger partial charge in [-0.25, -0.2) is 0 Å². The Hall–Kier alpha value is -2.24. The second-order valence-electron chi connectivity index (χ2n) is 5.10. The van der Waals surface area contributed by atoms with Crippen molar-refractivity contribution in [2.24, 2.45) is 0 Å². The summed E-state index contributed by atoms with van der Waals surface area (Å²) >= 11 is 0. The number of nitrogens with one attached hydrogen (secondary N) is 1. The Balaban J connectivity index is 1.82. The van der Waals surface area contributed by atoms with Gasteiger partial charge in [-0.05, 0) is 36.6 Å². The van der Waals surface area contributed by atoms with Crippen LogP contribution in [0.1, 0.15) is 24.0 Å². The average Bonchev–Trinajstić information content (AvgIpc) is 2.53. The summed E-state index contributed by atoms with van der Waals surface area (Å²) in [5, 5.41) is 2.80. The summed E-state index contributed by atoms with van der Waals surface area (Å²) in [4.78, 5) is 22.6. The van der Waals surface area contributed by atoms with Gasteiger partial charge in [-0.1, -0.05) is 0 Å². The van der Waals surface area contributed by atoms with Crippen LogP contribution in [0.4, 0.5) is 0 Å². The molecule has 6 nitrogen and oxygen atoms in total. The van der Waals surface area contributed by atoms with E-state index in [9.17, 15) is 9.59 Å². The predicted octanol–water partition coefficient (Wildman–Crippen LogP) is 1.38. The maximum atomic E-state index is 11.6. The van der Waals surface area contributed by atoms with Gasteiger partial charge in [0.2, 0.25) is 5.91 Å². The van der Waals surface area contributed by atoms with Crippen LogP contribution in [0.3, 0.4) is 0 Å². The molecule has 0 aromatic heterocycles. The van der Waals surface area contributed by atoms with E-state index in [0.29, 0.717) is 26.2 Å². The van der Waals surface area contributed by atoms with E-state index < -0.39 is 0 Å². The summed E-state index contributed by atoms with van der Waals surface area (Å²) < 4.78 is 15.6. The van der Waals surface area contributed by atoms with Crippen LogP contribution in [0.2, 0.25) is 0 Å². The van der Waals surface area contributed by atoms with Crippen molar-refractivity contribution in [1.29, 1.82) is 0 Å². The number of carbonyl (C=O) groups is 2. The molecule has 1 N–H and O–H groups in total. The van der Waals surface area contributed by atoms with Gasteiger partial charge in [-0.3, -0.25) is 9.59 Å². The Labute approximate surface area is 129 Å². The van der Waals surface area contributed by atoms with E-state index >= 15 is 0 Å². The molecular formula is C16H21NO5. The summed E-state index contributed by atoms with van der Waals surface area (Å²) in [5.74, 6) is 0.997. The number of carbonyl (C=O) groups excluding carboxylic acids is 2. The quantitative estimate of drug-likeness (QED) is 0.804. The number of esters is 1. The number of aryl methyl sites for hydroxylation is 1. The standard InChI is InChI=1S/C16H21NO5/c1-11-9-13-14(22-8-7-21-13)10-12(11)5-6-17-15(18)3-4-16(19)20-2/h9-10H,3-8H2,1-2H3,(H,17,18). The summed E-state index contributed by atoms with van der Waals surface area (Å²) in [5.41, 5.74) is 2.21. The Kier molecular flexibility index (Phi) is 5.63. The summed E-state index contributed by atoms with van der Waals surface area (Å²) in [6.45, 7) is 3.65. The van der Waals surface area contributed by atoms with E-state index in [-0.39, 0.29) is 24.7 Å². The van der Waals surface area contributed by atoms with E-state index in [1.807, 2.05) is 19.1 Å². The van der Waals surface area contributed by atoms with Gasteiger partial charge in [0.15, 0.2) is 11.5 Å². The highest BCUT2D eigenvalue weighted by Gasteiger charge is 2.14. The Morgan fingerprint density at radius 3 is 2.55 bits per heavy atom. The molecule has 0 radical (unpaired) electrons. The second kappa shape index (κ2) is 7.68. The van der Waals surface area contributed by atoms with E-state index in [4.69, 9.17) is 9.47 Å². The first-order valence-electron chi connectivity index (χ1n) is 7.33. The second-order valence-corrected chi connectivity index (χ2v) is 5.10. The van der Waals surface area contributed by atoms with E-state index in [2.05, 4.69) is 10.1 Å². The Bertz CT molecular complexity index is 556. The summed E-state index contributed by atoms with van der Waals surface area (Å²) in [6, 6.07) is 3.92. The zero-order valence-corrected chi connectivity index (χ0v) is 12.9. The third kappa shape index (κ3) is 4.38. The number of methoxy groups -OCH3 is 1. The van der Waals surface area contributed by atoms with Gasteiger partial charge in [0.05, 0.1) is 13.5 Å². The SMILES string of the molecule is COC(=O)CCC(=O)NCCc1cc2c(cc1C)OCCO2. The minimum Gasteiger partial charge on any atom is -0.486 e. The van der Waals surface area contributed by atoms with E-state index in [0.717, 1.165) is 22.6 Å². The average molecular weight is 307 g/mol. The van der Waals surface area contributed by atoms with Gasteiger partial charge in [-0.2, -0.15) is 0 Å². The fraction of sp³-hybridized carbons (Fsp3) is 0.500. The molecule has 22 heavy (non-hydrogen) atoms. The molecule has 6 heteroatoms. The molecule has 0 aliphatic carbocycles. The normalized spacial score (nSPS) is 12.6. The first-order chi connectivity index (χ1) is 10.6. The van der Waals surface area contributed by atoms with Crippen molar-refractivity contribution in [3.63, 3.8) is 0 Å². The fourth-order valence-electron chi connectivity index (χ4n) is 2.24. The predicted molar refractivity (Wildman–Crippen MR) is 80.1 cm³/mol. The van der Waals surface area contributed by atoms with Crippen LogP contribution in [-0.2, 0) is 20.7 Å². The van der Waals surface area contributed by atoms with Crippen molar-refractivity contribution in [2.75, 3.05) is 26.9 Å². The molecule has 0 unspecified atom stereocenters. The lowest BCUT2D eigenvalue weighted by Gasteiger charge is -2.20. The van der Waals surface area contributed by atoms with Crippen molar-refractivity contribution in [1.82, 2.24) is 5.32 Å². The number of hydrogen-bond acceptors (Lipinski definition) is 5. The van der Waals surface area contributed by atoms with Crippen LogP contribution in [-0.4, -0.2) is 38.7 Å². The first kappa shape index (κ1) is 16.1. The molecule has 1 aliphatic heterocycles. The number of hydrogen-bond donors (Lipinski definition) is 1. The van der Waals surface area contributed by atoms with Gasteiger partial charge in [-0.15, -0.1) is 0 Å². The topological polar surface area (TPSA) is 73.9 Å². The molecule has 0 spiro atoms. The highest BCUT2D eigenvalue weighted by molar-refractivity contribution is 5.81. The lowest BCUT2D eigenvalue weighted by molar-refractivity contribution is -0.142. The van der Waals surface area contributed by atoms with Gasteiger partial charge < -0.3 is 19.5 Å². The highest BCUT2D eigenvalue weighted by Crippen LogP contribution is 2.33. The number of rotatable bonds is 6. The van der Waals surface area contributed by atoms with Crippen molar-refractivity contribution in [3.05, 3.63) is 23.3 Å². The van der Waals surface area contributed by atoms with Crippen LogP contribution < -0.4 is 14.8 Å². The van der Waals surface area contributed by atoms with Crippen LogP contribution in [0.5, 0.6) is 11.5 Å². The maximum absolute atomic E-state index is 11.6. The molecule has 0 fully saturated rings. The molecule has 0 bridgehead atoms. The molecule has 1 amide bonds. The lowest BCUT2D eigenvalue weighted by atomic mass is 10.0. The number of benzene rings is 1. The van der Waals surface area contributed by atoms with Gasteiger partial charge in [0, 0.05) is 13.0 Å². The smallest absolute Gasteiger partial charge is 0.306 e. The van der Waals surface area contributed by atoms with Gasteiger partial charge >= 0.3 is 5.97 Å². The lowest BCUT2D eigenvalue weighted by Crippen LogP contribution is -2.26. The number of fused-ring (bicyclic) bond motifs is 1. The van der Waals surface area contributed by atoms with Crippen molar-refractivity contribution >= 4 is 11.9 Å². The van der Waals surface area contributed by atoms with Crippen LogP contribution in [0.25, 0.3) is 0 Å². The molecule has 2 rings (SSSR count). The molecule has 0 saturated carbocycles. The van der Waals surface area contributed by atoms with Crippen LogP contribution in [0.15, 0.2) is 12.1 Å². The molecular weight excluding hydrogens is 286 g/mol. The van der Waals surface area contributed by atoms with Crippen molar-refractivity contribution < 1.29 is 23.8 Å². The number of ether oxygens (including phenoxy) is 3. The summed E-state index contributed by atoms with van der Waals surface area (Å²) in [7, 11) is 1.31. The molecule has 1 aliphatic rings. The van der Waals surface area contributed by atoms with Crippen molar-refractivity contribution in [3.8, 4) is 11.5 Å². The zero-order valence-electron chi connectivity index (χ0n) is 12.9. The number of amides is 1. The van der Waals surface area contributed by atoms with Gasteiger partial charge in [0.1, 0.15) is 13.2 Å². The van der Waals surface area contributed by atoms with E-state index in [1.54, 1.807) is 0 Å². The molecule has 1 heterocycles. The fourth-order valence-corrected chi connectivity index (χ4v) is 2.24. The maximum Gasteiger partial charge on any atom is 0.306 e. The first-order valence-corrected chi connectivity index (χ1v) is 7.33. The summed E-state index contributed by atoms with van der Waals surface area (Å²) in [6.07, 6.45) is 0.949. The minimum absolute atomic E-state index is 0.103. The van der Waals surface area contributed by atoms with Gasteiger partial charge in [0.25, 0.3) is 0 Å². The molecule has 0 saturated heterocycles. The van der Waals surface area contributed by atoms with Crippen LogP contribution >= 0.6 is 0 Å². The third-order valence-corrected chi connectivity index (χ3v) is 3.50. The molecule has 0 atom stereocenters. The zero-order chi connectivity index (χ0) is 15.9.